The summed E-state index contributed by atoms with van der Waals surface area (Å²) >= 11 is 0. The number of nitrogens with two attached hydrogens (primary N) is 1. The molecule has 29 heavy (non-hydrogen) atoms. The fourth-order valence-corrected chi connectivity index (χ4v) is 3.42. The lowest BCUT2D eigenvalue weighted by Gasteiger charge is -2.22. The summed E-state index contributed by atoms with van der Waals surface area (Å²) in [5, 5.41) is 3.16. The summed E-state index contributed by atoms with van der Waals surface area (Å²) in [5.41, 5.74) is 7.78. The zero-order valence-corrected chi connectivity index (χ0v) is 17.6. The van der Waals surface area contributed by atoms with Crippen LogP contribution in [0.3, 0.4) is 0 Å². The Labute approximate surface area is 178 Å². The van der Waals surface area contributed by atoms with Gasteiger partial charge in [0.1, 0.15) is 17.6 Å². The molecule has 1 heterocycles. The Hall–Kier alpha value is -2.28. The lowest BCUT2D eigenvalue weighted by molar-refractivity contribution is -0.132. The SMILES string of the molecule is COc1ccc(CC(NC(=O)[C@@H]2CC[C@H](CN)O2)c2ccc(OC)cc2)cc1.Cl. The Morgan fingerprint density at radius 2 is 1.66 bits per heavy atom. The van der Waals surface area contributed by atoms with Crippen molar-refractivity contribution in [1.82, 2.24) is 5.32 Å². The lowest BCUT2D eigenvalue weighted by Crippen LogP contribution is -2.38. The first-order valence-electron chi connectivity index (χ1n) is 9.55. The van der Waals surface area contributed by atoms with Crippen LogP contribution in [0, 0.1) is 0 Å². The van der Waals surface area contributed by atoms with E-state index in [0.29, 0.717) is 19.4 Å². The highest BCUT2D eigenvalue weighted by atomic mass is 35.5. The highest BCUT2D eigenvalue weighted by molar-refractivity contribution is 5.85. The highest BCUT2D eigenvalue weighted by Gasteiger charge is 2.31. The van der Waals surface area contributed by atoms with Gasteiger partial charge in [0.2, 0.25) is 5.91 Å². The van der Waals surface area contributed by atoms with Crippen molar-refractivity contribution < 1.29 is 19.0 Å². The molecule has 2 aromatic rings. The third-order valence-electron chi connectivity index (χ3n) is 5.10. The number of benzene rings is 2. The molecule has 0 aliphatic carbocycles. The van der Waals surface area contributed by atoms with Gasteiger partial charge in [-0.15, -0.1) is 12.4 Å². The number of carbonyl (C=O) groups is 1. The second kappa shape index (κ2) is 11.0. The van der Waals surface area contributed by atoms with Crippen molar-refractivity contribution in [2.24, 2.45) is 5.73 Å². The van der Waals surface area contributed by atoms with Gasteiger partial charge in [0.15, 0.2) is 0 Å². The Morgan fingerprint density at radius 1 is 1.07 bits per heavy atom. The molecule has 2 aromatic carbocycles. The van der Waals surface area contributed by atoms with E-state index in [-0.39, 0.29) is 30.5 Å². The highest BCUT2D eigenvalue weighted by Crippen LogP contribution is 2.25. The van der Waals surface area contributed by atoms with Gasteiger partial charge in [-0.25, -0.2) is 0 Å². The summed E-state index contributed by atoms with van der Waals surface area (Å²) in [6.45, 7) is 0.442. The van der Waals surface area contributed by atoms with E-state index < -0.39 is 6.10 Å². The number of carbonyl (C=O) groups excluding carboxylic acids is 1. The number of amides is 1. The van der Waals surface area contributed by atoms with Gasteiger partial charge in [0, 0.05) is 6.54 Å². The second-order valence-electron chi connectivity index (χ2n) is 6.95. The Bertz CT molecular complexity index is 767. The molecule has 0 aromatic heterocycles. The second-order valence-corrected chi connectivity index (χ2v) is 6.95. The molecule has 0 bridgehead atoms. The van der Waals surface area contributed by atoms with Gasteiger partial charge in [-0.05, 0) is 54.7 Å². The Morgan fingerprint density at radius 3 is 2.17 bits per heavy atom. The van der Waals surface area contributed by atoms with E-state index in [1.54, 1.807) is 14.2 Å². The maximum Gasteiger partial charge on any atom is 0.249 e. The van der Waals surface area contributed by atoms with E-state index in [1.807, 2.05) is 48.5 Å². The number of rotatable bonds is 8. The van der Waals surface area contributed by atoms with Crippen molar-refractivity contribution >= 4 is 18.3 Å². The normalized spacial score (nSPS) is 19.1. The third kappa shape index (κ3) is 6.10. The molecule has 7 heteroatoms. The van der Waals surface area contributed by atoms with E-state index >= 15 is 0 Å². The first-order valence-corrected chi connectivity index (χ1v) is 9.55. The van der Waals surface area contributed by atoms with Crippen LogP contribution in [0.25, 0.3) is 0 Å². The topological polar surface area (TPSA) is 82.8 Å². The van der Waals surface area contributed by atoms with Gasteiger partial charge in [-0.1, -0.05) is 24.3 Å². The number of hydrogen-bond acceptors (Lipinski definition) is 5. The monoisotopic (exact) mass is 420 g/mol. The number of methoxy groups -OCH3 is 2. The van der Waals surface area contributed by atoms with Crippen molar-refractivity contribution in [3.8, 4) is 11.5 Å². The van der Waals surface area contributed by atoms with Crippen molar-refractivity contribution in [3.63, 3.8) is 0 Å². The van der Waals surface area contributed by atoms with Crippen LogP contribution in [-0.2, 0) is 16.0 Å². The van der Waals surface area contributed by atoms with Crippen molar-refractivity contribution in [1.29, 1.82) is 0 Å². The first kappa shape index (κ1) is 23.0. The van der Waals surface area contributed by atoms with Crippen molar-refractivity contribution in [2.75, 3.05) is 20.8 Å². The van der Waals surface area contributed by atoms with Crippen molar-refractivity contribution in [2.45, 2.75) is 37.5 Å². The van der Waals surface area contributed by atoms with Gasteiger partial charge in [-0.2, -0.15) is 0 Å². The summed E-state index contributed by atoms with van der Waals surface area (Å²) in [4.78, 5) is 12.8. The van der Waals surface area contributed by atoms with Crippen LogP contribution in [0.2, 0.25) is 0 Å². The van der Waals surface area contributed by atoms with Gasteiger partial charge in [0.05, 0.1) is 26.4 Å². The molecule has 6 nitrogen and oxygen atoms in total. The average Bonchev–Trinajstić information content (AvgIpc) is 3.23. The zero-order valence-electron chi connectivity index (χ0n) is 16.8. The Balaban J connectivity index is 0.00000300. The van der Waals surface area contributed by atoms with E-state index in [0.717, 1.165) is 29.0 Å². The van der Waals surface area contributed by atoms with E-state index in [1.165, 1.54) is 0 Å². The fraction of sp³-hybridized carbons (Fsp3) is 0.409. The molecule has 0 radical (unpaired) electrons. The van der Waals surface area contributed by atoms with E-state index in [9.17, 15) is 4.79 Å². The molecular weight excluding hydrogens is 392 g/mol. The number of ether oxygens (including phenoxy) is 3. The molecule has 3 N–H and O–H groups in total. The van der Waals surface area contributed by atoms with Gasteiger partial charge in [0.25, 0.3) is 0 Å². The fourth-order valence-electron chi connectivity index (χ4n) is 3.42. The van der Waals surface area contributed by atoms with Gasteiger partial charge >= 0.3 is 0 Å². The summed E-state index contributed by atoms with van der Waals surface area (Å²) in [5.74, 6) is 1.49. The summed E-state index contributed by atoms with van der Waals surface area (Å²) in [7, 11) is 3.28. The molecule has 1 saturated heterocycles. The van der Waals surface area contributed by atoms with E-state index in [4.69, 9.17) is 19.9 Å². The van der Waals surface area contributed by atoms with E-state index in [2.05, 4.69) is 5.32 Å². The number of halogens is 1. The van der Waals surface area contributed by atoms with Crippen LogP contribution < -0.4 is 20.5 Å². The molecule has 1 fully saturated rings. The maximum atomic E-state index is 12.8. The van der Waals surface area contributed by atoms with Crippen LogP contribution in [-0.4, -0.2) is 38.9 Å². The molecule has 158 valence electrons. The summed E-state index contributed by atoms with van der Waals surface area (Å²) in [6, 6.07) is 15.5. The number of hydrogen-bond donors (Lipinski definition) is 2. The standard InChI is InChI=1S/C22H28N2O4.ClH/c1-26-17-7-3-15(4-8-17)13-20(16-5-9-18(27-2)10-6-16)24-22(25)21-12-11-19(14-23)28-21;/h3-10,19-21H,11-14,23H2,1-2H3,(H,24,25);1H/t19-,20?,21+;/m1./s1. The molecule has 3 atom stereocenters. The van der Waals surface area contributed by atoms with Gasteiger partial charge < -0.3 is 25.3 Å². The molecular formula is C22H29ClN2O4. The zero-order chi connectivity index (χ0) is 19.9. The third-order valence-corrected chi connectivity index (χ3v) is 5.10. The smallest absolute Gasteiger partial charge is 0.249 e. The maximum absolute atomic E-state index is 12.8. The summed E-state index contributed by atoms with van der Waals surface area (Å²) < 4.78 is 16.2. The quantitative estimate of drug-likeness (QED) is 0.685. The minimum absolute atomic E-state index is 0. The Kier molecular flexibility index (Phi) is 8.76. The van der Waals surface area contributed by atoms with Crippen molar-refractivity contribution in [3.05, 3.63) is 59.7 Å². The molecule has 0 spiro atoms. The van der Waals surface area contributed by atoms with Gasteiger partial charge in [-0.3, -0.25) is 4.79 Å². The molecule has 1 aliphatic heterocycles. The van der Waals surface area contributed by atoms with Crippen LogP contribution in [0.15, 0.2) is 48.5 Å². The number of nitrogens with one attached hydrogen (secondary N) is 1. The minimum Gasteiger partial charge on any atom is -0.497 e. The predicted molar refractivity (Wildman–Crippen MR) is 115 cm³/mol. The molecule has 0 saturated carbocycles. The summed E-state index contributed by atoms with van der Waals surface area (Å²) in [6.07, 6.45) is 1.71. The van der Waals surface area contributed by atoms with Crippen LogP contribution in [0.1, 0.15) is 30.0 Å². The first-order chi connectivity index (χ1) is 13.6. The molecule has 1 unspecified atom stereocenters. The van der Waals surface area contributed by atoms with Crippen LogP contribution in [0.4, 0.5) is 0 Å². The lowest BCUT2D eigenvalue weighted by atomic mass is 9.98. The van der Waals surface area contributed by atoms with Crippen LogP contribution in [0.5, 0.6) is 11.5 Å². The minimum atomic E-state index is -0.440. The largest absolute Gasteiger partial charge is 0.497 e. The average molecular weight is 421 g/mol. The van der Waals surface area contributed by atoms with Crippen LogP contribution >= 0.6 is 12.4 Å². The molecule has 3 rings (SSSR count). The predicted octanol–water partition coefficient (Wildman–Crippen LogP) is 3.03. The molecule has 1 aliphatic rings. The molecule has 1 amide bonds.